The molecule has 0 saturated carbocycles. The molecule has 3 N–H and O–H groups in total. The summed E-state index contributed by atoms with van der Waals surface area (Å²) in [6.07, 6.45) is 0. The third-order valence-corrected chi connectivity index (χ3v) is 1.66. The molecule has 0 spiro atoms. The maximum atomic E-state index is 11.3. The first kappa shape index (κ1) is 12.0. The van der Waals surface area contributed by atoms with Gasteiger partial charge in [0.25, 0.3) is 5.91 Å². The van der Waals surface area contributed by atoms with E-state index in [4.69, 9.17) is 0 Å². The molecule has 0 fully saturated rings. The molecular weight excluding hydrogens is 210 g/mol. The number of hydrogen-bond donors (Lipinski definition) is 3. The Kier molecular flexibility index (Phi) is 4.81. The van der Waals surface area contributed by atoms with E-state index in [0.717, 1.165) is 0 Å². The van der Waals surface area contributed by atoms with Crippen molar-refractivity contribution in [1.29, 1.82) is 0 Å². The van der Waals surface area contributed by atoms with E-state index in [0.29, 0.717) is 5.69 Å². The summed E-state index contributed by atoms with van der Waals surface area (Å²) >= 11 is 0. The second-order valence-electron chi connectivity index (χ2n) is 2.90. The van der Waals surface area contributed by atoms with Crippen LogP contribution in [-0.4, -0.2) is 25.6 Å². The summed E-state index contributed by atoms with van der Waals surface area (Å²) in [5.41, 5.74) is 2.74. The van der Waals surface area contributed by atoms with E-state index < -0.39 is 11.9 Å². The summed E-state index contributed by atoms with van der Waals surface area (Å²) in [6.45, 7) is -0.146. The molecule has 16 heavy (non-hydrogen) atoms. The number of nitrogens with one attached hydrogen (secondary N) is 3. The van der Waals surface area contributed by atoms with Gasteiger partial charge in [0, 0.05) is 5.69 Å². The van der Waals surface area contributed by atoms with Crippen LogP contribution in [0.2, 0.25) is 0 Å². The minimum absolute atomic E-state index is 0.146. The van der Waals surface area contributed by atoms with E-state index in [1.807, 2.05) is 6.07 Å². The van der Waals surface area contributed by atoms with Crippen LogP contribution in [0.15, 0.2) is 30.3 Å². The van der Waals surface area contributed by atoms with Crippen molar-refractivity contribution >= 4 is 17.6 Å². The van der Waals surface area contributed by atoms with E-state index in [2.05, 4.69) is 21.0 Å². The highest BCUT2D eigenvalue weighted by Crippen LogP contribution is 2.03. The van der Waals surface area contributed by atoms with Crippen LogP contribution < -0.4 is 16.1 Å². The fourth-order valence-electron chi connectivity index (χ4n) is 1.01. The second-order valence-corrected chi connectivity index (χ2v) is 2.90. The van der Waals surface area contributed by atoms with E-state index in [9.17, 15) is 9.59 Å². The Balaban J connectivity index is 2.29. The number of carbonyl (C=O) groups excluding carboxylic acids is 2. The van der Waals surface area contributed by atoms with Gasteiger partial charge in [-0.2, -0.15) is 0 Å². The van der Waals surface area contributed by atoms with Crippen LogP contribution in [0.4, 0.5) is 10.5 Å². The Bertz CT molecular complexity index is 354. The Morgan fingerprint density at radius 2 is 1.94 bits per heavy atom. The fourth-order valence-corrected chi connectivity index (χ4v) is 1.01. The van der Waals surface area contributed by atoms with Gasteiger partial charge in [0.1, 0.15) is 6.54 Å². The number of urea groups is 1. The molecule has 0 atom stereocenters. The van der Waals surface area contributed by atoms with Crippen LogP contribution in [0.1, 0.15) is 0 Å². The third kappa shape index (κ3) is 4.43. The van der Waals surface area contributed by atoms with Crippen molar-refractivity contribution in [2.75, 3.05) is 19.0 Å². The number of amides is 3. The van der Waals surface area contributed by atoms with Crippen LogP contribution in [0.3, 0.4) is 0 Å². The van der Waals surface area contributed by atoms with Gasteiger partial charge in [-0.05, 0) is 12.1 Å². The van der Waals surface area contributed by atoms with Gasteiger partial charge in [0.15, 0.2) is 0 Å². The standard InChI is InChI=1S/C10H13N3O3/c1-16-13-9(14)7-11-10(15)12-8-5-3-2-4-6-8/h2-6H,7H2,1H3,(H,13,14)(H2,11,12,15). The Labute approximate surface area is 92.9 Å². The molecule has 1 rings (SSSR count). The normalized spacial score (nSPS) is 9.31. The van der Waals surface area contributed by atoms with E-state index in [1.165, 1.54) is 7.11 Å². The summed E-state index contributed by atoms with van der Waals surface area (Å²) < 4.78 is 0. The number of rotatable bonds is 4. The lowest BCUT2D eigenvalue weighted by molar-refractivity contribution is -0.130. The number of hydroxylamine groups is 1. The van der Waals surface area contributed by atoms with E-state index in [1.54, 1.807) is 24.3 Å². The lowest BCUT2D eigenvalue weighted by atomic mass is 10.3. The molecule has 0 heterocycles. The predicted octanol–water partition coefficient (Wildman–Crippen LogP) is 0.486. The van der Waals surface area contributed by atoms with E-state index >= 15 is 0 Å². The van der Waals surface area contributed by atoms with Gasteiger partial charge >= 0.3 is 6.03 Å². The third-order valence-electron chi connectivity index (χ3n) is 1.66. The van der Waals surface area contributed by atoms with Crippen molar-refractivity contribution in [3.63, 3.8) is 0 Å². The van der Waals surface area contributed by atoms with Crippen molar-refractivity contribution < 1.29 is 14.4 Å². The first-order valence-corrected chi connectivity index (χ1v) is 4.64. The predicted molar refractivity (Wildman–Crippen MR) is 58.6 cm³/mol. The molecular formula is C10H13N3O3. The molecule has 6 heteroatoms. The second kappa shape index (κ2) is 6.41. The molecule has 1 aromatic carbocycles. The number of para-hydroxylation sites is 1. The molecule has 3 amide bonds. The van der Waals surface area contributed by atoms with Crippen molar-refractivity contribution in [3.8, 4) is 0 Å². The molecule has 0 radical (unpaired) electrons. The molecule has 1 aromatic rings. The monoisotopic (exact) mass is 223 g/mol. The molecule has 0 aromatic heterocycles. The van der Waals surface area contributed by atoms with Crippen molar-refractivity contribution in [1.82, 2.24) is 10.8 Å². The lowest BCUT2D eigenvalue weighted by Crippen LogP contribution is -2.38. The molecule has 6 nitrogen and oxygen atoms in total. The quantitative estimate of drug-likeness (QED) is 0.650. The highest BCUT2D eigenvalue weighted by Gasteiger charge is 2.04. The van der Waals surface area contributed by atoms with Gasteiger partial charge in [0.05, 0.1) is 7.11 Å². The summed E-state index contributed by atoms with van der Waals surface area (Å²) in [6, 6.07) is 8.48. The summed E-state index contributed by atoms with van der Waals surface area (Å²) in [7, 11) is 1.32. The maximum Gasteiger partial charge on any atom is 0.319 e. The van der Waals surface area contributed by atoms with Crippen LogP contribution in [0.25, 0.3) is 0 Å². The molecule has 0 bridgehead atoms. The molecule has 0 aliphatic heterocycles. The van der Waals surface area contributed by atoms with E-state index in [-0.39, 0.29) is 6.54 Å². The van der Waals surface area contributed by atoms with Crippen LogP contribution in [-0.2, 0) is 9.63 Å². The average molecular weight is 223 g/mol. The fraction of sp³-hybridized carbons (Fsp3) is 0.200. The molecule has 0 unspecified atom stereocenters. The number of carbonyl (C=O) groups is 2. The van der Waals surface area contributed by atoms with Crippen LogP contribution in [0.5, 0.6) is 0 Å². The smallest absolute Gasteiger partial charge is 0.319 e. The van der Waals surface area contributed by atoms with Gasteiger partial charge in [-0.1, -0.05) is 18.2 Å². The number of hydrogen-bond acceptors (Lipinski definition) is 3. The maximum absolute atomic E-state index is 11.3. The SMILES string of the molecule is CONC(=O)CNC(=O)Nc1ccccc1. The number of benzene rings is 1. The first-order valence-electron chi connectivity index (χ1n) is 4.64. The topological polar surface area (TPSA) is 79.5 Å². The van der Waals surface area contributed by atoms with Gasteiger partial charge in [-0.25, -0.2) is 10.3 Å². The zero-order chi connectivity index (χ0) is 11.8. The first-order chi connectivity index (χ1) is 7.72. The molecule has 86 valence electrons. The minimum atomic E-state index is -0.447. The number of anilines is 1. The summed E-state index contributed by atoms with van der Waals surface area (Å²) in [5, 5.41) is 4.94. The van der Waals surface area contributed by atoms with Gasteiger partial charge < -0.3 is 10.6 Å². The zero-order valence-corrected chi connectivity index (χ0v) is 8.82. The van der Waals surface area contributed by atoms with Crippen molar-refractivity contribution in [3.05, 3.63) is 30.3 Å². The zero-order valence-electron chi connectivity index (χ0n) is 8.82. The summed E-state index contributed by atoms with van der Waals surface area (Å²) in [4.78, 5) is 26.6. The summed E-state index contributed by atoms with van der Waals surface area (Å²) in [5.74, 6) is -0.425. The average Bonchev–Trinajstić information content (AvgIpc) is 2.28. The minimum Gasteiger partial charge on any atom is -0.329 e. The van der Waals surface area contributed by atoms with Gasteiger partial charge in [0.2, 0.25) is 0 Å². The lowest BCUT2D eigenvalue weighted by Gasteiger charge is -2.06. The van der Waals surface area contributed by atoms with Crippen LogP contribution in [0, 0.1) is 0 Å². The van der Waals surface area contributed by atoms with Crippen molar-refractivity contribution in [2.24, 2.45) is 0 Å². The molecule has 0 saturated heterocycles. The Morgan fingerprint density at radius 3 is 2.56 bits per heavy atom. The van der Waals surface area contributed by atoms with Gasteiger partial charge in [-0.3, -0.25) is 9.63 Å². The molecule has 0 aliphatic rings. The van der Waals surface area contributed by atoms with Crippen LogP contribution >= 0.6 is 0 Å². The van der Waals surface area contributed by atoms with Crippen molar-refractivity contribution in [2.45, 2.75) is 0 Å². The highest BCUT2D eigenvalue weighted by molar-refractivity contribution is 5.91. The largest absolute Gasteiger partial charge is 0.329 e. The molecule has 0 aliphatic carbocycles. The Hall–Kier alpha value is -2.08. The Morgan fingerprint density at radius 1 is 1.25 bits per heavy atom. The highest BCUT2D eigenvalue weighted by atomic mass is 16.6. The van der Waals surface area contributed by atoms with Gasteiger partial charge in [-0.15, -0.1) is 0 Å².